The van der Waals surface area contributed by atoms with E-state index >= 15 is 0 Å². The molecule has 0 saturated carbocycles. The van der Waals surface area contributed by atoms with Gasteiger partial charge in [-0.1, -0.05) is 12.2 Å². The van der Waals surface area contributed by atoms with Crippen LogP contribution in [0.2, 0.25) is 0 Å². The molecule has 8 heteroatoms. The van der Waals surface area contributed by atoms with Crippen molar-refractivity contribution in [3.63, 3.8) is 0 Å². The van der Waals surface area contributed by atoms with E-state index < -0.39 is 5.60 Å². The van der Waals surface area contributed by atoms with Crippen LogP contribution in [0.15, 0.2) is 48.0 Å². The molecule has 154 valence electrons. The second-order valence-electron chi connectivity index (χ2n) is 6.20. The minimum absolute atomic E-state index is 0.162. The fourth-order valence-electron chi connectivity index (χ4n) is 2.76. The lowest BCUT2D eigenvalue weighted by molar-refractivity contribution is 0.0120. The molecule has 1 unspecified atom stereocenters. The molecule has 5 nitrogen and oxygen atoms in total. The summed E-state index contributed by atoms with van der Waals surface area (Å²) < 4.78 is 5.84. The molecule has 0 aliphatic carbocycles. The molecule has 0 aliphatic heterocycles. The van der Waals surface area contributed by atoms with Crippen LogP contribution < -0.4 is 15.4 Å². The van der Waals surface area contributed by atoms with Crippen molar-refractivity contribution < 1.29 is 14.6 Å². The molecular weight excluding hydrogens is 460 g/mol. The number of thiocarbonyl (C=S) groups is 1. The molecule has 1 atom stereocenters. The second kappa shape index (κ2) is 12.3. The van der Waals surface area contributed by atoms with Gasteiger partial charge in [0.2, 0.25) is 0 Å². The van der Waals surface area contributed by atoms with Crippen LogP contribution in [0, 0.1) is 0 Å². The number of ether oxygens (including phenoxy) is 1. The maximum atomic E-state index is 12.5. The lowest BCUT2D eigenvalue weighted by atomic mass is 9.85. The zero-order chi connectivity index (χ0) is 21.2. The van der Waals surface area contributed by atoms with Crippen molar-refractivity contribution in [3.8, 4) is 5.75 Å². The van der Waals surface area contributed by atoms with Crippen LogP contribution in [-0.2, 0) is 0 Å². The Morgan fingerprint density at radius 2 is 2.07 bits per heavy atom. The van der Waals surface area contributed by atoms with E-state index in [-0.39, 0.29) is 17.1 Å². The van der Waals surface area contributed by atoms with Crippen LogP contribution in [-0.4, -0.2) is 46.9 Å². The summed E-state index contributed by atoms with van der Waals surface area (Å²) in [6.07, 6.45) is 6.78. The van der Waals surface area contributed by atoms with E-state index in [0.29, 0.717) is 35.0 Å². The molecule has 1 amide bonds. The molecule has 28 heavy (non-hydrogen) atoms. The predicted octanol–water partition coefficient (Wildman–Crippen LogP) is 4.07. The summed E-state index contributed by atoms with van der Waals surface area (Å²) in [5.41, 5.74) is -0.651. The molecule has 0 aromatic heterocycles. The second-order valence-corrected chi connectivity index (χ2v) is 8.45. The highest BCUT2D eigenvalue weighted by molar-refractivity contribution is 9.10. The fourth-order valence-corrected chi connectivity index (χ4v) is 4.00. The van der Waals surface area contributed by atoms with Gasteiger partial charge in [-0.05, 0) is 77.6 Å². The highest BCUT2D eigenvalue weighted by Crippen LogP contribution is 2.26. The Kier molecular flexibility index (Phi) is 10.8. The lowest BCUT2D eigenvalue weighted by Crippen LogP contribution is -2.55. The summed E-state index contributed by atoms with van der Waals surface area (Å²) in [6.45, 7) is 7.47. The summed E-state index contributed by atoms with van der Waals surface area (Å²) in [7, 11) is 1.56. The largest absolute Gasteiger partial charge is 0.496 e. The third kappa shape index (κ3) is 7.24. The van der Waals surface area contributed by atoms with Gasteiger partial charge in [-0.2, -0.15) is 11.8 Å². The van der Waals surface area contributed by atoms with Gasteiger partial charge >= 0.3 is 0 Å². The van der Waals surface area contributed by atoms with E-state index in [0.717, 1.165) is 5.75 Å². The van der Waals surface area contributed by atoms with E-state index in [1.165, 1.54) is 0 Å². The van der Waals surface area contributed by atoms with Crippen LogP contribution in [0.25, 0.3) is 0 Å². The first-order valence-electron chi connectivity index (χ1n) is 8.69. The Balaban J connectivity index is 2.89. The molecule has 3 N–H and O–H groups in total. The normalized spacial score (nSPS) is 12.0. The zero-order valence-corrected chi connectivity index (χ0v) is 19.4. The van der Waals surface area contributed by atoms with E-state index in [2.05, 4.69) is 39.7 Å². The number of carbonyl (C=O) groups is 1. The number of carbonyl (C=O) groups excluding carboxylic acids is 1. The number of hydrogen-bond donors (Lipinski definition) is 3. The molecule has 1 rings (SSSR count). The van der Waals surface area contributed by atoms with Gasteiger partial charge in [0, 0.05) is 5.56 Å². The maximum absolute atomic E-state index is 12.5. The van der Waals surface area contributed by atoms with Crippen LogP contribution in [0.5, 0.6) is 5.75 Å². The van der Waals surface area contributed by atoms with Crippen molar-refractivity contribution in [2.24, 2.45) is 0 Å². The highest BCUT2D eigenvalue weighted by atomic mass is 79.9. The molecule has 0 saturated heterocycles. The van der Waals surface area contributed by atoms with Crippen molar-refractivity contribution in [1.82, 2.24) is 10.6 Å². The average molecular weight is 487 g/mol. The number of nitrogens with one attached hydrogen (secondary N) is 2. The van der Waals surface area contributed by atoms with E-state index in [4.69, 9.17) is 17.0 Å². The van der Waals surface area contributed by atoms with E-state index in [1.807, 2.05) is 6.26 Å². The molecule has 0 bridgehead atoms. The quantitative estimate of drug-likeness (QED) is 0.323. The number of methoxy groups -OCH3 is 1. The minimum Gasteiger partial charge on any atom is -0.496 e. The first kappa shape index (κ1) is 24.7. The molecule has 0 heterocycles. The summed E-state index contributed by atoms with van der Waals surface area (Å²) in [5, 5.41) is 17.0. The number of aliphatic hydroxyl groups is 1. The van der Waals surface area contributed by atoms with Gasteiger partial charge in [-0.3, -0.25) is 10.1 Å². The number of thioether (sulfide) groups is 1. The maximum Gasteiger partial charge on any atom is 0.257 e. The van der Waals surface area contributed by atoms with Crippen molar-refractivity contribution in [2.45, 2.75) is 30.9 Å². The first-order chi connectivity index (χ1) is 13.3. The molecule has 1 aromatic rings. The molecular formula is C20H27BrN2O3S2. The first-order valence-corrected chi connectivity index (χ1v) is 11.3. The standard InChI is InChI=1S/C20H27BrN2O3S2/c1-5-10-20(25,11-6-2)17(9-12-28-4)22-19(27)23-18(24)14-7-8-16(26-3)15(21)13-14/h5-8,13,17,25H,1-2,9-12H2,3-4H3,(H2,22,23,24,27). The van der Waals surface area contributed by atoms with Crippen molar-refractivity contribution in [3.05, 3.63) is 53.5 Å². The van der Waals surface area contributed by atoms with Gasteiger partial charge in [0.05, 0.1) is 23.2 Å². The van der Waals surface area contributed by atoms with Crippen molar-refractivity contribution in [2.75, 3.05) is 19.1 Å². The molecule has 0 fully saturated rings. The third-order valence-corrected chi connectivity index (χ3v) is 5.68. The summed E-state index contributed by atoms with van der Waals surface area (Å²) in [6, 6.07) is 4.65. The number of halogens is 1. The van der Waals surface area contributed by atoms with Gasteiger partial charge in [0.25, 0.3) is 5.91 Å². The average Bonchev–Trinajstić information content (AvgIpc) is 2.65. The lowest BCUT2D eigenvalue weighted by Gasteiger charge is -2.36. The number of rotatable bonds is 11. The Hall–Kier alpha value is -1.35. The predicted molar refractivity (Wildman–Crippen MR) is 125 cm³/mol. The molecule has 0 aliphatic rings. The monoisotopic (exact) mass is 486 g/mol. The Morgan fingerprint density at radius 1 is 1.43 bits per heavy atom. The molecule has 0 spiro atoms. The Bertz CT molecular complexity index is 703. The summed E-state index contributed by atoms with van der Waals surface area (Å²) in [5.74, 6) is 1.12. The SMILES string of the molecule is C=CCC(O)(CC=C)C(CCSC)NC(=S)NC(=O)c1ccc(OC)c(Br)c1. The zero-order valence-electron chi connectivity index (χ0n) is 16.2. The molecule has 0 radical (unpaired) electrons. The van der Waals surface area contributed by atoms with Gasteiger partial charge < -0.3 is 15.2 Å². The Labute approximate surface area is 185 Å². The van der Waals surface area contributed by atoms with E-state index in [9.17, 15) is 9.90 Å². The number of amides is 1. The van der Waals surface area contributed by atoms with Gasteiger partial charge in [-0.15, -0.1) is 13.2 Å². The van der Waals surface area contributed by atoms with Crippen molar-refractivity contribution >= 4 is 50.9 Å². The van der Waals surface area contributed by atoms with Crippen LogP contribution >= 0.6 is 39.9 Å². The minimum atomic E-state index is -1.09. The topological polar surface area (TPSA) is 70.6 Å². The van der Waals surface area contributed by atoms with E-state index in [1.54, 1.807) is 49.2 Å². The Morgan fingerprint density at radius 3 is 2.57 bits per heavy atom. The van der Waals surface area contributed by atoms with Crippen LogP contribution in [0.1, 0.15) is 29.6 Å². The molecule has 1 aromatic carbocycles. The van der Waals surface area contributed by atoms with Gasteiger partial charge in [0.15, 0.2) is 5.11 Å². The van der Waals surface area contributed by atoms with Crippen LogP contribution in [0.3, 0.4) is 0 Å². The highest BCUT2D eigenvalue weighted by Gasteiger charge is 2.34. The fraction of sp³-hybridized carbons (Fsp3) is 0.400. The van der Waals surface area contributed by atoms with Gasteiger partial charge in [-0.25, -0.2) is 0 Å². The summed E-state index contributed by atoms with van der Waals surface area (Å²) in [4.78, 5) is 12.5. The van der Waals surface area contributed by atoms with Crippen molar-refractivity contribution in [1.29, 1.82) is 0 Å². The van der Waals surface area contributed by atoms with Gasteiger partial charge in [0.1, 0.15) is 5.75 Å². The number of hydrogen-bond acceptors (Lipinski definition) is 5. The third-order valence-electron chi connectivity index (χ3n) is 4.20. The summed E-state index contributed by atoms with van der Waals surface area (Å²) >= 11 is 10.4. The smallest absolute Gasteiger partial charge is 0.257 e. The van der Waals surface area contributed by atoms with Crippen LogP contribution in [0.4, 0.5) is 0 Å². The number of benzene rings is 1.